The van der Waals surface area contributed by atoms with Crippen LogP contribution >= 0.6 is 0 Å². The van der Waals surface area contributed by atoms with Gasteiger partial charge < -0.3 is 5.32 Å². The molecule has 2 heteroatoms. The van der Waals surface area contributed by atoms with Gasteiger partial charge >= 0.3 is 0 Å². The molecule has 0 aliphatic carbocycles. The number of rotatable bonds is 6. The first-order chi connectivity index (χ1) is 7.76. The topological polar surface area (TPSA) is 15.3 Å². The first-order valence-electron chi connectivity index (χ1n) is 7.25. The summed E-state index contributed by atoms with van der Waals surface area (Å²) in [7, 11) is 0. The van der Waals surface area contributed by atoms with Crippen LogP contribution in [-0.2, 0) is 0 Å². The highest BCUT2D eigenvalue weighted by Gasteiger charge is 2.29. The maximum Gasteiger partial charge on any atom is 0.0221 e. The van der Waals surface area contributed by atoms with Crippen LogP contribution in [0.25, 0.3) is 0 Å². The highest BCUT2D eigenvalue weighted by molar-refractivity contribution is 4.88. The highest BCUT2D eigenvalue weighted by atomic mass is 15.3. The van der Waals surface area contributed by atoms with Crippen molar-refractivity contribution in [3.63, 3.8) is 0 Å². The quantitative estimate of drug-likeness (QED) is 0.749. The Hall–Kier alpha value is -0.0800. The number of nitrogens with one attached hydrogen (secondary N) is 1. The summed E-state index contributed by atoms with van der Waals surface area (Å²) < 4.78 is 0. The van der Waals surface area contributed by atoms with Crippen molar-refractivity contribution in [2.75, 3.05) is 13.1 Å². The molecule has 0 aromatic rings. The lowest BCUT2D eigenvalue weighted by Gasteiger charge is -2.44. The van der Waals surface area contributed by atoms with Crippen LogP contribution in [0.15, 0.2) is 0 Å². The molecule has 0 bridgehead atoms. The Kier molecular flexibility index (Phi) is 6.37. The fourth-order valence-corrected chi connectivity index (χ4v) is 2.93. The molecule has 1 heterocycles. The Morgan fingerprint density at radius 3 is 2.44 bits per heavy atom. The molecule has 0 aromatic carbocycles. The SMILES string of the molecule is CCCC(CC)N1CC(CC)NCC1CC. The van der Waals surface area contributed by atoms with Gasteiger partial charge in [0.15, 0.2) is 0 Å². The number of nitrogens with zero attached hydrogens (tertiary/aromatic N) is 1. The van der Waals surface area contributed by atoms with Crippen molar-refractivity contribution in [3.05, 3.63) is 0 Å². The van der Waals surface area contributed by atoms with Crippen LogP contribution < -0.4 is 5.32 Å². The minimum absolute atomic E-state index is 0.716. The summed E-state index contributed by atoms with van der Waals surface area (Å²) in [5, 5.41) is 3.68. The van der Waals surface area contributed by atoms with Crippen molar-refractivity contribution in [1.29, 1.82) is 0 Å². The molecular formula is C14H30N2. The molecule has 0 amide bonds. The summed E-state index contributed by atoms with van der Waals surface area (Å²) in [4.78, 5) is 2.79. The molecule has 1 saturated heterocycles. The third-order valence-corrected chi connectivity index (χ3v) is 4.07. The molecule has 2 nitrogen and oxygen atoms in total. The Morgan fingerprint density at radius 2 is 1.94 bits per heavy atom. The van der Waals surface area contributed by atoms with Gasteiger partial charge in [0.25, 0.3) is 0 Å². The largest absolute Gasteiger partial charge is 0.311 e. The monoisotopic (exact) mass is 226 g/mol. The van der Waals surface area contributed by atoms with E-state index in [1.807, 2.05) is 0 Å². The molecule has 3 unspecified atom stereocenters. The van der Waals surface area contributed by atoms with E-state index in [1.54, 1.807) is 0 Å². The maximum atomic E-state index is 3.68. The molecule has 0 spiro atoms. The predicted octanol–water partition coefficient (Wildman–Crippen LogP) is 3.03. The smallest absolute Gasteiger partial charge is 0.0221 e. The molecule has 0 aromatic heterocycles. The van der Waals surface area contributed by atoms with E-state index in [2.05, 4.69) is 37.9 Å². The molecular weight excluding hydrogens is 196 g/mol. The third kappa shape index (κ3) is 3.46. The van der Waals surface area contributed by atoms with E-state index in [4.69, 9.17) is 0 Å². The van der Waals surface area contributed by atoms with E-state index in [0.29, 0.717) is 6.04 Å². The van der Waals surface area contributed by atoms with Gasteiger partial charge in [-0.2, -0.15) is 0 Å². The van der Waals surface area contributed by atoms with Crippen LogP contribution in [0.4, 0.5) is 0 Å². The second kappa shape index (κ2) is 7.29. The fourth-order valence-electron chi connectivity index (χ4n) is 2.93. The number of hydrogen-bond acceptors (Lipinski definition) is 2. The molecule has 1 aliphatic rings. The normalized spacial score (nSPS) is 29.2. The number of hydrogen-bond donors (Lipinski definition) is 1. The van der Waals surface area contributed by atoms with Gasteiger partial charge in [0.1, 0.15) is 0 Å². The molecule has 1 rings (SSSR count). The Labute approximate surface area is 102 Å². The first kappa shape index (κ1) is 14.0. The zero-order chi connectivity index (χ0) is 12.0. The fraction of sp³-hybridized carbons (Fsp3) is 1.00. The molecule has 1 fully saturated rings. The summed E-state index contributed by atoms with van der Waals surface area (Å²) in [5.74, 6) is 0. The van der Waals surface area contributed by atoms with E-state index >= 15 is 0 Å². The van der Waals surface area contributed by atoms with E-state index < -0.39 is 0 Å². The predicted molar refractivity (Wildman–Crippen MR) is 71.9 cm³/mol. The molecule has 0 saturated carbocycles. The Morgan fingerprint density at radius 1 is 1.19 bits per heavy atom. The van der Waals surface area contributed by atoms with Crippen LogP contribution in [0.3, 0.4) is 0 Å². The third-order valence-electron chi connectivity index (χ3n) is 4.07. The summed E-state index contributed by atoms with van der Waals surface area (Å²) in [5.41, 5.74) is 0. The van der Waals surface area contributed by atoms with Crippen LogP contribution in [0.2, 0.25) is 0 Å². The summed E-state index contributed by atoms with van der Waals surface area (Å²) in [6.07, 6.45) is 6.53. The van der Waals surface area contributed by atoms with Gasteiger partial charge in [-0.25, -0.2) is 0 Å². The van der Waals surface area contributed by atoms with Gasteiger partial charge in [-0.3, -0.25) is 4.90 Å². The van der Waals surface area contributed by atoms with Crippen molar-refractivity contribution >= 4 is 0 Å². The maximum absolute atomic E-state index is 3.68. The van der Waals surface area contributed by atoms with E-state index in [1.165, 1.54) is 45.2 Å². The molecule has 96 valence electrons. The number of piperazine rings is 1. The second-order valence-corrected chi connectivity index (χ2v) is 5.12. The van der Waals surface area contributed by atoms with Crippen molar-refractivity contribution < 1.29 is 0 Å². The van der Waals surface area contributed by atoms with Gasteiger partial charge in [0.05, 0.1) is 0 Å². The Balaban J connectivity index is 2.61. The molecule has 3 atom stereocenters. The van der Waals surface area contributed by atoms with E-state index in [0.717, 1.165) is 12.1 Å². The highest BCUT2D eigenvalue weighted by Crippen LogP contribution is 2.20. The Bertz CT molecular complexity index is 182. The van der Waals surface area contributed by atoms with Crippen LogP contribution in [0.1, 0.15) is 59.8 Å². The van der Waals surface area contributed by atoms with Crippen LogP contribution in [-0.4, -0.2) is 36.1 Å². The second-order valence-electron chi connectivity index (χ2n) is 5.12. The summed E-state index contributed by atoms with van der Waals surface area (Å²) in [6.45, 7) is 11.7. The molecule has 1 N–H and O–H groups in total. The minimum atomic E-state index is 0.716. The van der Waals surface area contributed by atoms with Crippen molar-refractivity contribution in [1.82, 2.24) is 10.2 Å². The lowest BCUT2D eigenvalue weighted by Crippen LogP contribution is -2.59. The van der Waals surface area contributed by atoms with Gasteiger partial charge in [-0.1, -0.05) is 34.1 Å². The van der Waals surface area contributed by atoms with Crippen molar-refractivity contribution in [2.24, 2.45) is 0 Å². The van der Waals surface area contributed by atoms with E-state index in [-0.39, 0.29) is 0 Å². The van der Waals surface area contributed by atoms with Gasteiger partial charge in [0, 0.05) is 31.2 Å². The molecule has 0 radical (unpaired) electrons. The zero-order valence-electron chi connectivity index (χ0n) is 11.6. The summed E-state index contributed by atoms with van der Waals surface area (Å²) in [6, 6.07) is 2.29. The van der Waals surface area contributed by atoms with Crippen LogP contribution in [0, 0.1) is 0 Å². The molecule has 16 heavy (non-hydrogen) atoms. The standard InChI is InChI=1S/C14H30N2/c1-5-9-13(7-3)16-11-12(6-2)15-10-14(16)8-4/h12-15H,5-11H2,1-4H3. The van der Waals surface area contributed by atoms with Gasteiger partial charge in [-0.05, 0) is 25.7 Å². The molecule has 1 aliphatic heterocycles. The van der Waals surface area contributed by atoms with Crippen molar-refractivity contribution in [3.8, 4) is 0 Å². The van der Waals surface area contributed by atoms with Crippen molar-refractivity contribution in [2.45, 2.75) is 77.9 Å². The van der Waals surface area contributed by atoms with E-state index in [9.17, 15) is 0 Å². The lowest BCUT2D eigenvalue weighted by atomic mass is 9.98. The average Bonchev–Trinajstić information content (AvgIpc) is 2.35. The lowest BCUT2D eigenvalue weighted by molar-refractivity contribution is 0.0705. The summed E-state index contributed by atoms with van der Waals surface area (Å²) >= 11 is 0. The zero-order valence-corrected chi connectivity index (χ0v) is 11.6. The van der Waals surface area contributed by atoms with Gasteiger partial charge in [0.2, 0.25) is 0 Å². The minimum Gasteiger partial charge on any atom is -0.311 e. The first-order valence-corrected chi connectivity index (χ1v) is 7.25. The van der Waals surface area contributed by atoms with Crippen LogP contribution in [0.5, 0.6) is 0 Å². The average molecular weight is 226 g/mol. The van der Waals surface area contributed by atoms with Gasteiger partial charge in [-0.15, -0.1) is 0 Å².